The fourth-order valence-corrected chi connectivity index (χ4v) is 0.145. The molecule has 4 nitrogen and oxygen atoms in total. The number of oxime groups is 2. The number of rotatable bonds is 1. The Bertz CT molecular complexity index is 112. The van der Waals surface area contributed by atoms with Gasteiger partial charge in [-0.3, -0.25) is 0 Å². The largest absolute Gasteiger partial charge is 0.411 e. The Morgan fingerprint density at radius 1 is 1.00 bits per heavy atom. The molecule has 2 N–H and O–H groups in total. The number of hydrogen-bond acceptors (Lipinski definition) is 4. The van der Waals surface area contributed by atoms with Gasteiger partial charge in [-0.05, 0) is 13.8 Å². The molecule has 0 spiro atoms. The highest BCUT2D eigenvalue weighted by Gasteiger charge is 1.93. The van der Waals surface area contributed by atoms with Crippen LogP contribution in [0.1, 0.15) is 13.8 Å². The van der Waals surface area contributed by atoms with Crippen molar-refractivity contribution in [2.75, 3.05) is 0 Å². The van der Waals surface area contributed by atoms with Gasteiger partial charge in [0.1, 0.15) is 11.4 Å². The summed E-state index contributed by atoms with van der Waals surface area (Å²) in [5, 5.41) is 21.6. The Kier molecular flexibility index (Phi) is 2.61. The zero-order valence-electron chi connectivity index (χ0n) is 4.79. The molecular formula is C4H8N2O2. The van der Waals surface area contributed by atoms with Gasteiger partial charge in [0.15, 0.2) is 0 Å². The molecular weight excluding hydrogens is 108 g/mol. The van der Waals surface area contributed by atoms with E-state index in [1.54, 1.807) is 0 Å². The molecule has 0 unspecified atom stereocenters. The van der Waals surface area contributed by atoms with Crippen molar-refractivity contribution in [3.63, 3.8) is 0 Å². The first kappa shape index (κ1) is 6.94. The zero-order valence-corrected chi connectivity index (χ0v) is 4.79. The summed E-state index contributed by atoms with van der Waals surface area (Å²) in [6.07, 6.45) is 0. The van der Waals surface area contributed by atoms with E-state index in [2.05, 4.69) is 10.3 Å². The lowest BCUT2D eigenvalue weighted by atomic mass is 10.3. The van der Waals surface area contributed by atoms with Gasteiger partial charge in [0.2, 0.25) is 0 Å². The summed E-state index contributed by atoms with van der Waals surface area (Å²) in [5.74, 6) is 0. The second kappa shape index (κ2) is 3.01. The summed E-state index contributed by atoms with van der Waals surface area (Å²) in [6.45, 7) is 3.07. The molecule has 0 aromatic carbocycles. The van der Waals surface area contributed by atoms with E-state index in [4.69, 9.17) is 10.4 Å². The minimum absolute atomic E-state index is 0.313. The van der Waals surface area contributed by atoms with E-state index in [1.165, 1.54) is 13.8 Å². The summed E-state index contributed by atoms with van der Waals surface area (Å²) in [5.41, 5.74) is 0.625. The zero-order chi connectivity index (χ0) is 6.57. The van der Waals surface area contributed by atoms with Crippen molar-refractivity contribution >= 4 is 11.4 Å². The van der Waals surface area contributed by atoms with Crippen LogP contribution in [0.25, 0.3) is 0 Å². The van der Waals surface area contributed by atoms with Crippen LogP contribution < -0.4 is 0 Å². The van der Waals surface area contributed by atoms with Crippen molar-refractivity contribution in [1.82, 2.24) is 0 Å². The molecule has 0 radical (unpaired) electrons. The van der Waals surface area contributed by atoms with Crippen LogP contribution in [0.2, 0.25) is 0 Å². The number of hydrogen-bond donors (Lipinski definition) is 2. The van der Waals surface area contributed by atoms with Crippen molar-refractivity contribution in [1.29, 1.82) is 0 Å². The van der Waals surface area contributed by atoms with Gasteiger partial charge in [0, 0.05) is 0 Å². The summed E-state index contributed by atoms with van der Waals surface area (Å²) < 4.78 is 0. The van der Waals surface area contributed by atoms with Gasteiger partial charge >= 0.3 is 0 Å². The van der Waals surface area contributed by atoms with Gasteiger partial charge in [0.05, 0.1) is 0 Å². The van der Waals surface area contributed by atoms with E-state index < -0.39 is 0 Å². The van der Waals surface area contributed by atoms with Gasteiger partial charge in [-0.2, -0.15) is 0 Å². The molecule has 0 bridgehead atoms. The predicted octanol–water partition coefficient (Wildman–Crippen LogP) is 0.687. The lowest BCUT2D eigenvalue weighted by Gasteiger charge is -1.88. The first-order valence-electron chi connectivity index (χ1n) is 2.10. The first-order chi connectivity index (χ1) is 3.72. The Morgan fingerprint density at radius 3 is 1.38 bits per heavy atom. The Labute approximate surface area is 47.1 Å². The first-order valence-corrected chi connectivity index (χ1v) is 2.10. The molecule has 0 amide bonds. The van der Waals surface area contributed by atoms with Gasteiger partial charge in [-0.15, -0.1) is 0 Å². The third kappa shape index (κ3) is 1.59. The van der Waals surface area contributed by atoms with Crippen LogP contribution in [0.5, 0.6) is 0 Å². The third-order valence-electron chi connectivity index (χ3n) is 0.824. The molecule has 0 aliphatic rings. The highest BCUT2D eigenvalue weighted by molar-refractivity contribution is 6.40. The highest BCUT2D eigenvalue weighted by Crippen LogP contribution is 1.79. The van der Waals surface area contributed by atoms with Crippen LogP contribution in [0.4, 0.5) is 0 Å². The van der Waals surface area contributed by atoms with Crippen LogP contribution in [0.3, 0.4) is 0 Å². The number of nitrogens with zero attached hydrogens (tertiary/aromatic N) is 2. The average Bonchev–Trinajstić information content (AvgIpc) is 1.84. The van der Waals surface area contributed by atoms with Gasteiger partial charge in [0.25, 0.3) is 0 Å². The minimum atomic E-state index is 0.313. The Morgan fingerprint density at radius 2 is 1.25 bits per heavy atom. The van der Waals surface area contributed by atoms with Crippen molar-refractivity contribution in [2.24, 2.45) is 10.3 Å². The van der Waals surface area contributed by atoms with Crippen LogP contribution >= 0.6 is 0 Å². The van der Waals surface area contributed by atoms with Crippen molar-refractivity contribution < 1.29 is 10.4 Å². The standard InChI is InChI=1S/C4H8N2O2/c1-3(5-7)4(2)6-8/h7-8H,1-2H3/b5-3-,6-4-. The van der Waals surface area contributed by atoms with E-state index >= 15 is 0 Å². The fourth-order valence-electron chi connectivity index (χ4n) is 0.145. The van der Waals surface area contributed by atoms with E-state index in [0.717, 1.165) is 0 Å². The minimum Gasteiger partial charge on any atom is -0.411 e. The maximum absolute atomic E-state index is 8.03. The molecule has 0 aliphatic heterocycles. The van der Waals surface area contributed by atoms with Crippen LogP contribution in [-0.2, 0) is 0 Å². The molecule has 0 atom stereocenters. The molecule has 0 aromatic heterocycles. The second-order valence-electron chi connectivity index (χ2n) is 1.37. The average molecular weight is 116 g/mol. The van der Waals surface area contributed by atoms with Crippen molar-refractivity contribution in [2.45, 2.75) is 13.8 Å². The normalized spacial score (nSPS) is 14.2. The Hall–Kier alpha value is -1.06. The van der Waals surface area contributed by atoms with Gasteiger partial charge in [-0.1, -0.05) is 10.3 Å². The molecule has 0 rings (SSSR count). The molecule has 0 saturated carbocycles. The maximum Gasteiger partial charge on any atom is 0.101 e. The van der Waals surface area contributed by atoms with E-state index in [-0.39, 0.29) is 0 Å². The lowest BCUT2D eigenvalue weighted by molar-refractivity contribution is 0.313. The third-order valence-corrected chi connectivity index (χ3v) is 0.824. The van der Waals surface area contributed by atoms with Crippen LogP contribution in [0.15, 0.2) is 10.3 Å². The van der Waals surface area contributed by atoms with Gasteiger partial charge in [-0.25, -0.2) is 0 Å². The highest BCUT2D eigenvalue weighted by atomic mass is 16.4. The SMILES string of the molecule is CC(=N/O)/C(C)=N\O. The predicted molar refractivity (Wildman–Crippen MR) is 29.8 cm³/mol. The summed E-state index contributed by atoms with van der Waals surface area (Å²) >= 11 is 0. The molecule has 4 heteroatoms. The van der Waals surface area contributed by atoms with Crippen molar-refractivity contribution in [3.8, 4) is 0 Å². The molecule has 46 valence electrons. The lowest BCUT2D eigenvalue weighted by Crippen LogP contribution is -2.04. The van der Waals surface area contributed by atoms with Crippen LogP contribution in [-0.4, -0.2) is 21.8 Å². The topological polar surface area (TPSA) is 65.2 Å². The molecule has 0 fully saturated rings. The Balaban J connectivity index is 4.04. The van der Waals surface area contributed by atoms with Crippen LogP contribution in [0, 0.1) is 0 Å². The van der Waals surface area contributed by atoms with Gasteiger partial charge < -0.3 is 10.4 Å². The van der Waals surface area contributed by atoms with E-state index in [1.807, 2.05) is 0 Å². The summed E-state index contributed by atoms with van der Waals surface area (Å²) in [7, 11) is 0. The fraction of sp³-hybridized carbons (Fsp3) is 0.500. The summed E-state index contributed by atoms with van der Waals surface area (Å²) in [6, 6.07) is 0. The molecule has 0 saturated heterocycles. The van der Waals surface area contributed by atoms with Crippen molar-refractivity contribution in [3.05, 3.63) is 0 Å². The molecule has 0 aliphatic carbocycles. The monoisotopic (exact) mass is 116 g/mol. The van der Waals surface area contributed by atoms with E-state index in [9.17, 15) is 0 Å². The smallest absolute Gasteiger partial charge is 0.101 e. The summed E-state index contributed by atoms with van der Waals surface area (Å²) in [4.78, 5) is 0. The maximum atomic E-state index is 8.03. The molecule has 8 heavy (non-hydrogen) atoms. The molecule has 0 heterocycles. The molecule has 0 aromatic rings. The van der Waals surface area contributed by atoms with E-state index in [0.29, 0.717) is 11.4 Å². The second-order valence-corrected chi connectivity index (χ2v) is 1.37. The quantitative estimate of drug-likeness (QED) is 0.300.